The fraction of sp³-hybridized carbons (Fsp3) is 0.722. The molecule has 1 aromatic rings. The molecule has 0 spiro atoms. The smallest absolute Gasteiger partial charge is 0.334 e. The summed E-state index contributed by atoms with van der Waals surface area (Å²) in [5, 5.41) is 13.1. The van der Waals surface area contributed by atoms with Gasteiger partial charge in [-0.3, -0.25) is 18.7 Å². The van der Waals surface area contributed by atoms with Crippen LogP contribution in [0.5, 0.6) is 5.88 Å². The van der Waals surface area contributed by atoms with Gasteiger partial charge in [-0.25, -0.2) is 4.79 Å². The third kappa shape index (κ3) is 3.65. The van der Waals surface area contributed by atoms with Crippen molar-refractivity contribution < 1.29 is 9.90 Å². The van der Waals surface area contributed by atoms with Crippen molar-refractivity contribution in [2.75, 3.05) is 6.54 Å². The van der Waals surface area contributed by atoms with Crippen LogP contribution < -0.4 is 16.6 Å². The summed E-state index contributed by atoms with van der Waals surface area (Å²) in [5.74, 6) is -0.530. The van der Waals surface area contributed by atoms with E-state index in [0.29, 0.717) is 19.0 Å². The van der Waals surface area contributed by atoms with Gasteiger partial charge in [0, 0.05) is 19.1 Å². The molecule has 2 aliphatic carbocycles. The first-order chi connectivity index (χ1) is 12.0. The molecule has 25 heavy (non-hydrogen) atoms. The first-order valence-electron chi connectivity index (χ1n) is 9.41. The number of rotatable bonds is 6. The number of nitrogens with zero attached hydrogens (tertiary/aromatic N) is 2. The van der Waals surface area contributed by atoms with Crippen molar-refractivity contribution in [3.63, 3.8) is 0 Å². The van der Waals surface area contributed by atoms with Crippen molar-refractivity contribution in [2.45, 2.75) is 70.9 Å². The lowest BCUT2D eigenvalue weighted by molar-refractivity contribution is 0.0947. The molecule has 0 saturated heterocycles. The van der Waals surface area contributed by atoms with E-state index in [0.717, 1.165) is 51.4 Å². The molecule has 2 fully saturated rings. The molecule has 0 aromatic carbocycles. The van der Waals surface area contributed by atoms with Crippen LogP contribution in [0.4, 0.5) is 0 Å². The largest absolute Gasteiger partial charge is 0.494 e. The van der Waals surface area contributed by atoms with Crippen molar-refractivity contribution in [1.29, 1.82) is 0 Å². The second-order valence-electron chi connectivity index (χ2n) is 7.19. The Morgan fingerprint density at radius 3 is 2.44 bits per heavy atom. The Morgan fingerprint density at radius 2 is 1.84 bits per heavy atom. The predicted molar refractivity (Wildman–Crippen MR) is 94.1 cm³/mol. The number of aromatic hydroxyl groups is 1. The molecule has 1 amide bonds. The lowest BCUT2D eigenvalue weighted by atomic mass is 9.95. The van der Waals surface area contributed by atoms with Gasteiger partial charge in [-0.15, -0.1) is 0 Å². The maximum Gasteiger partial charge on any atom is 0.334 e. The highest BCUT2D eigenvalue weighted by atomic mass is 16.3. The fourth-order valence-electron chi connectivity index (χ4n) is 3.69. The van der Waals surface area contributed by atoms with Crippen LogP contribution in [0.15, 0.2) is 9.59 Å². The van der Waals surface area contributed by atoms with Gasteiger partial charge in [0.1, 0.15) is 0 Å². The summed E-state index contributed by atoms with van der Waals surface area (Å²) >= 11 is 0. The molecule has 1 aromatic heterocycles. The molecule has 3 rings (SSSR count). The third-order valence-corrected chi connectivity index (χ3v) is 5.31. The summed E-state index contributed by atoms with van der Waals surface area (Å²) in [6.45, 7) is 2.44. The first-order valence-corrected chi connectivity index (χ1v) is 9.41. The molecular weight excluding hydrogens is 322 g/mol. The van der Waals surface area contributed by atoms with Crippen LogP contribution in [-0.4, -0.2) is 26.7 Å². The van der Waals surface area contributed by atoms with E-state index >= 15 is 0 Å². The van der Waals surface area contributed by atoms with Crippen molar-refractivity contribution in [2.24, 2.45) is 5.92 Å². The van der Waals surface area contributed by atoms with Gasteiger partial charge >= 0.3 is 5.69 Å². The Balaban J connectivity index is 2.09. The van der Waals surface area contributed by atoms with Crippen molar-refractivity contribution in [1.82, 2.24) is 14.5 Å². The summed E-state index contributed by atoms with van der Waals surface area (Å²) in [7, 11) is 0. The van der Waals surface area contributed by atoms with E-state index in [1.807, 2.05) is 0 Å². The van der Waals surface area contributed by atoms with Crippen LogP contribution >= 0.6 is 0 Å². The molecule has 2 aliphatic rings. The topological polar surface area (TPSA) is 93.3 Å². The second-order valence-corrected chi connectivity index (χ2v) is 7.19. The number of hydrogen-bond donors (Lipinski definition) is 2. The molecule has 0 radical (unpaired) electrons. The van der Waals surface area contributed by atoms with Crippen LogP contribution in [0.3, 0.4) is 0 Å². The number of amides is 1. The fourth-order valence-corrected chi connectivity index (χ4v) is 3.69. The van der Waals surface area contributed by atoms with Crippen molar-refractivity contribution in [3.8, 4) is 5.88 Å². The van der Waals surface area contributed by atoms with E-state index in [1.165, 1.54) is 9.13 Å². The van der Waals surface area contributed by atoms with Crippen LogP contribution in [0, 0.1) is 5.92 Å². The van der Waals surface area contributed by atoms with Gasteiger partial charge in [-0.1, -0.05) is 32.1 Å². The molecule has 7 heteroatoms. The Labute approximate surface area is 146 Å². The van der Waals surface area contributed by atoms with Gasteiger partial charge in [-0.05, 0) is 32.1 Å². The summed E-state index contributed by atoms with van der Waals surface area (Å²) in [4.78, 5) is 38.1. The monoisotopic (exact) mass is 349 g/mol. The molecule has 2 N–H and O–H groups in total. The first kappa shape index (κ1) is 17.8. The molecule has 1 heterocycles. The standard InChI is InChI=1S/C18H27N3O4/c1-2-19-15(22)14-16(23)20(11-10-12-8-9-12)18(25)21(17(14)24)13-6-4-3-5-7-13/h12-13,23H,2-11H2,1H3,(H,19,22). The van der Waals surface area contributed by atoms with Gasteiger partial charge in [0.2, 0.25) is 5.88 Å². The van der Waals surface area contributed by atoms with Crippen LogP contribution in [0.25, 0.3) is 0 Å². The number of nitrogens with one attached hydrogen (secondary N) is 1. The molecular formula is C18H27N3O4. The van der Waals surface area contributed by atoms with Gasteiger partial charge in [0.15, 0.2) is 5.56 Å². The number of aromatic nitrogens is 2. The van der Waals surface area contributed by atoms with Gasteiger partial charge in [-0.2, -0.15) is 0 Å². The second kappa shape index (κ2) is 7.45. The maximum absolute atomic E-state index is 12.9. The highest BCUT2D eigenvalue weighted by Crippen LogP contribution is 2.33. The van der Waals surface area contributed by atoms with Crippen LogP contribution in [0.1, 0.15) is 74.7 Å². The molecule has 2 saturated carbocycles. The molecule has 0 bridgehead atoms. The van der Waals surface area contributed by atoms with E-state index in [1.54, 1.807) is 6.92 Å². The van der Waals surface area contributed by atoms with E-state index in [-0.39, 0.29) is 11.6 Å². The van der Waals surface area contributed by atoms with Gasteiger partial charge < -0.3 is 10.4 Å². The lowest BCUT2D eigenvalue weighted by Gasteiger charge is -2.25. The van der Waals surface area contributed by atoms with E-state index < -0.39 is 23.0 Å². The maximum atomic E-state index is 12.9. The number of hydrogen-bond acceptors (Lipinski definition) is 4. The normalized spacial score (nSPS) is 18.3. The predicted octanol–water partition coefficient (Wildman–Crippen LogP) is 1.77. The zero-order valence-electron chi connectivity index (χ0n) is 14.8. The molecule has 0 aliphatic heterocycles. The van der Waals surface area contributed by atoms with Gasteiger partial charge in [0.05, 0.1) is 0 Å². The Bertz CT molecular complexity index is 755. The zero-order chi connectivity index (χ0) is 18.0. The van der Waals surface area contributed by atoms with Gasteiger partial charge in [0.25, 0.3) is 11.5 Å². The average Bonchev–Trinajstić information content (AvgIpc) is 3.40. The minimum atomic E-state index is -0.664. The minimum absolute atomic E-state index is 0.185. The summed E-state index contributed by atoms with van der Waals surface area (Å²) in [6.07, 6.45) is 7.62. The number of carbonyl (C=O) groups excluding carboxylic acids is 1. The van der Waals surface area contributed by atoms with Crippen molar-refractivity contribution in [3.05, 3.63) is 26.4 Å². The Kier molecular flexibility index (Phi) is 5.30. The highest BCUT2D eigenvalue weighted by Gasteiger charge is 2.29. The van der Waals surface area contributed by atoms with E-state index in [9.17, 15) is 19.5 Å². The quantitative estimate of drug-likeness (QED) is 0.818. The van der Waals surface area contributed by atoms with E-state index in [2.05, 4.69) is 5.32 Å². The summed E-state index contributed by atoms with van der Waals surface area (Å²) < 4.78 is 2.44. The highest BCUT2D eigenvalue weighted by molar-refractivity contribution is 5.95. The Hall–Kier alpha value is -2.05. The van der Waals surface area contributed by atoms with Crippen molar-refractivity contribution >= 4 is 5.91 Å². The number of carbonyl (C=O) groups is 1. The van der Waals surface area contributed by atoms with Crippen LogP contribution in [0.2, 0.25) is 0 Å². The minimum Gasteiger partial charge on any atom is -0.494 e. The summed E-state index contributed by atoms with van der Waals surface area (Å²) in [6, 6.07) is -0.185. The summed E-state index contributed by atoms with van der Waals surface area (Å²) in [5.41, 5.74) is -1.45. The zero-order valence-corrected chi connectivity index (χ0v) is 14.8. The third-order valence-electron chi connectivity index (χ3n) is 5.31. The lowest BCUT2D eigenvalue weighted by Crippen LogP contribution is -2.46. The molecule has 138 valence electrons. The molecule has 0 unspecified atom stereocenters. The average molecular weight is 349 g/mol. The SMILES string of the molecule is CCNC(=O)c1c(O)n(CCC2CC2)c(=O)n(C2CCCCC2)c1=O. The Morgan fingerprint density at radius 1 is 1.16 bits per heavy atom. The van der Waals surface area contributed by atoms with E-state index in [4.69, 9.17) is 0 Å². The molecule has 7 nitrogen and oxygen atoms in total. The van der Waals surface area contributed by atoms with Crippen LogP contribution in [-0.2, 0) is 6.54 Å². The molecule has 0 atom stereocenters.